The highest BCUT2D eigenvalue weighted by Gasteiger charge is 2.38. The number of piperidine rings is 2. The van der Waals surface area contributed by atoms with E-state index in [-0.39, 0.29) is 0 Å². The number of anilines is 1. The van der Waals surface area contributed by atoms with E-state index in [0.717, 1.165) is 42.4 Å². The molecule has 4 rings (SSSR count). The summed E-state index contributed by atoms with van der Waals surface area (Å²) in [4.78, 5) is 2.65. The third-order valence-electron chi connectivity index (χ3n) is 6.00. The van der Waals surface area contributed by atoms with E-state index in [4.69, 9.17) is 16.6 Å². The predicted octanol–water partition coefficient (Wildman–Crippen LogP) is 4.71. The van der Waals surface area contributed by atoms with Gasteiger partial charge in [0.15, 0.2) is 5.11 Å². The highest BCUT2D eigenvalue weighted by atomic mass is 32.1. The molecule has 2 saturated heterocycles. The summed E-state index contributed by atoms with van der Waals surface area (Å²) in [7, 11) is 0. The van der Waals surface area contributed by atoms with Gasteiger partial charge in [0.1, 0.15) is 5.76 Å². The molecule has 2 bridgehead atoms. The first-order valence-electron chi connectivity index (χ1n) is 10.2. The molecule has 1 aromatic carbocycles. The average Bonchev–Trinajstić information content (AvgIpc) is 3.16. The Balaban J connectivity index is 1.33. The predicted molar refractivity (Wildman–Crippen MR) is 114 cm³/mol. The number of rotatable bonds is 5. The summed E-state index contributed by atoms with van der Waals surface area (Å²) in [5, 5.41) is 7.66. The summed E-state index contributed by atoms with van der Waals surface area (Å²) in [6.07, 6.45) is 9.01. The van der Waals surface area contributed by atoms with Crippen LogP contribution in [0.15, 0.2) is 47.1 Å². The highest BCUT2D eigenvalue weighted by Crippen LogP contribution is 2.35. The van der Waals surface area contributed by atoms with Crippen LogP contribution in [0.1, 0.15) is 50.4 Å². The van der Waals surface area contributed by atoms with Crippen molar-refractivity contribution in [2.45, 2.75) is 70.1 Å². The lowest BCUT2D eigenvalue weighted by Crippen LogP contribution is -2.56. The third kappa shape index (κ3) is 4.53. The molecule has 0 radical (unpaired) electrons. The maximum atomic E-state index is 5.59. The smallest absolute Gasteiger partial charge is 0.170 e. The Bertz CT molecular complexity index is 729. The van der Waals surface area contributed by atoms with Crippen LogP contribution in [0.5, 0.6) is 0 Å². The van der Waals surface area contributed by atoms with Gasteiger partial charge in [0.2, 0.25) is 0 Å². The fourth-order valence-electron chi connectivity index (χ4n) is 4.61. The lowest BCUT2D eigenvalue weighted by atomic mass is 9.81. The van der Waals surface area contributed by atoms with E-state index in [1.54, 1.807) is 6.26 Å². The Morgan fingerprint density at radius 1 is 1.15 bits per heavy atom. The molecule has 144 valence electrons. The van der Waals surface area contributed by atoms with Crippen LogP contribution in [0, 0.1) is 0 Å². The minimum absolute atomic E-state index is 0.447. The number of aryl methyl sites for hydroxylation is 1. The quantitative estimate of drug-likeness (QED) is 0.732. The van der Waals surface area contributed by atoms with Gasteiger partial charge in [0.25, 0.3) is 0 Å². The molecule has 0 saturated carbocycles. The van der Waals surface area contributed by atoms with Crippen molar-refractivity contribution in [1.82, 2.24) is 10.2 Å². The molecule has 5 heteroatoms. The van der Waals surface area contributed by atoms with Crippen LogP contribution < -0.4 is 10.6 Å². The summed E-state index contributed by atoms with van der Waals surface area (Å²) >= 11 is 5.58. The van der Waals surface area contributed by atoms with E-state index >= 15 is 0 Å². The molecule has 2 aliphatic rings. The second-order valence-electron chi connectivity index (χ2n) is 7.81. The van der Waals surface area contributed by atoms with Crippen molar-refractivity contribution in [3.05, 3.63) is 54.0 Å². The van der Waals surface area contributed by atoms with Gasteiger partial charge in [-0.3, -0.25) is 4.90 Å². The zero-order valence-electron chi connectivity index (χ0n) is 16.0. The number of benzene rings is 1. The standard InChI is InChI=1S/C22H29N3OS/c1-2-16-8-10-17(11-9-16)23-22(27)24-18-13-19-5-3-6-20(14-18)25(19)15-21-7-4-12-26-21/h4,7-12,18-20H,2-3,5-6,13-15H2,1H3,(H2,23,24,27). The van der Waals surface area contributed by atoms with E-state index in [0.29, 0.717) is 18.1 Å². The first-order chi connectivity index (χ1) is 13.2. The lowest BCUT2D eigenvalue weighted by molar-refractivity contribution is 0.0161. The molecule has 2 atom stereocenters. The second-order valence-corrected chi connectivity index (χ2v) is 8.22. The molecule has 2 unspecified atom stereocenters. The van der Waals surface area contributed by atoms with Gasteiger partial charge in [-0.1, -0.05) is 25.5 Å². The van der Waals surface area contributed by atoms with E-state index in [9.17, 15) is 0 Å². The summed E-state index contributed by atoms with van der Waals surface area (Å²) in [5.74, 6) is 1.08. The van der Waals surface area contributed by atoms with Gasteiger partial charge in [-0.25, -0.2) is 0 Å². The zero-order chi connectivity index (χ0) is 18.6. The van der Waals surface area contributed by atoms with Gasteiger partial charge in [0, 0.05) is 23.8 Å². The molecule has 2 fully saturated rings. The van der Waals surface area contributed by atoms with Crippen molar-refractivity contribution in [3.8, 4) is 0 Å². The monoisotopic (exact) mass is 383 g/mol. The van der Waals surface area contributed by atoms with Gasteiger partial charge in [-0.15, -0.1) is 0 Å². The van der Waals surface area contributed by atoms with Crippen molar-refractivity contribution in [2.24, 2.45) is 0 Å². The lowest BCUT2D eigenvalue weighted by Gasteiger charge is -2.48. The van der Waals surface area contributed by atoms with Crippen LogP contribution in [0.4, 0.5) is 5.69 Å². The summed E-state index contributed by atoms with van der Waals surface area (Å²) < 4.78 is 5.59. The maximum absolute atomic E-state index is 5.59. The third-order valence-corrected chi connectivity index (χ3v) is 6.22. The number of nitrogens with zero attached hydrogens (tertiary/aromatic N) is 1. The molecule has 3 heterocycles. The van der Waals surface area contributed by atoms with Crippen molar-refractivity contribution < 1.29 is 4.42 Å². The Morgan fingerprint density at radius 3 is 2.52 bits per heavy atom. The van der Waals surface area contributed by atoms with Gasteiger partial charge in [0.05, 0.1) is 12.8 Å². The fourth-order valence-corrected chi connectivity index (χ4v) is 4.90. The molecule has 2 N–H and O–H groups in total. The Labute approximate surface area is 167 Å². The van der Waals surface area contributed by atoms with Crippen LogP contribution in [0.3, 0.4) is 0 Å². The molecule has 27 heavy (non-hydrogen) atoms. The SMILES string of the molecule is CCc1ccc(NC(=S)NC2CC3CCCC(C2)N3Cc2ccco2)cc1. The first-order valence-corrected chi connectivity index (χ1v) is 10.6. The highest BCUT2D eigenvalue weighted by molar-refractivity contribution is 7.80. The molecule has 0 spiro atoms. The molecule has 2 aromatic rings. The van der Waals surface area contributed by atoms with Crippen molar-refractivity contribution >= 4 is 23.0 Å². The topological polar surface area (TPSA) is 40.4 Å². The van der Waals surface area contributed by atoms with Gasteiger partial charge < -0.3 is 15.1 Å². The number of nitrogens with one attached hydrogen (secondary N) is 2. The number of hydrogen-bond donors (Lipinski definition) is 2. The molecule has 4 nitrogen and oxygen atoms in total. The Hall–Kier alpha value is -1.85. The van der Waals surface area contributed by atoms with Crippen molar-refractivity contribution in [1.29, 1.82) is 0 Å². The second kappa shape index (κ2) is 8.44. The first kappa shape index (κ1) is 18.5. The summed E-state index contributed by atoms with van der Waals surface area (Å²) in [5.41, 5.74) is 2.40. The Morgan fingerprint density at radius 2 is 1.89 bits per heavy atom. The van der Waals surface area contributed by atoms with Gasteiger partial charge in [-0.2, -0.15) is 0 Å². The van der Waals surface area contributed by atoms with Crippen LogP contribution in [0.25, 0.3) is 0 Å². The minimum atomic E-state index is 0.447. The van der Waals surface area contributed by atoms with E-state index < -0.39 is 0 Å². The van der Waals surface area contributed by atoms with Gasteiger partial charge >= 0.3 is 0 Å². The summed E-state index contributed by atoms with van der Waals surface area (Å²) in [6.45, 7) is 3.10. The molecule has 0 amide bonds. The van der Waals surface area contributed by atoms with E-state index in [2.05, 4.69) is 52.8 Å². The largest absolute Gasteiger partial charge is 0.468 e. The van der Waals surface area contributed by atoms with E-state index in [1.165, 1.54) is 24.8 Å². The molecular formula is C22H29N3OS. The van der Waals surface area contributed by atoms with Crippen LogP contribution in [-0.2, 0) is 13.0 Å². The average molecular weight is 384 g/mol. The van der Waals surface area contributed by atoms with Crippen LogP contribution in [-0.4, -0.2) is 28.1 Å². The normalized spacial score (nSPS) is 25.1. The van der Waals surface area contributed by atoms with Crippen molar-refractivity contribution in [3.63, 3.8) is 0 Å². The van der Waals surface area contributed by atoms with Crippen LogP contribution in [0.2, 0.25) is 0 Å². The zero-order valence-corrected chi connectivity index (χ0v) is 16.8. The fraction of sp³-hybridized carbons (Fsp3) is 0.500. The van der Waals surface area contributed by atoms with E-state index in [1.807, 2.05) is 6.07 Å². The van der Waals surface area contributed by atoms with Crippen molar-refractivity contribution in [2.75, 3.05) is 5.32 Å². The molecule has 0 aliphatic carbocycles. The maximum Gasteiger partial charge on any atom is 0.170 e. The number of thiocarbonyl (C=S) groups is 1. The number of hydrogen-bond acceptors (Lipinski definition) is 3. The molecule has 2 aliphatic heterocycles. The van der Waals surface area contributed by atoms with Gasteiger partial charge in [-0.05, 0) is 74.2 Å². The van der Waals surface area contributed by atoms with Crippen LogP contribution >= 0.6 is 12.2 Å². The number of furan rings is 1. The summed E-state index contributed by atoms with van der Waals surface area (Å²) in [6, 6.07) is 14.3. The molecular weight excluding hydrogens is 354 g/mol. The Kier molecular flexibility index (Phi) is 5.79. The minimum Gasteiger partial charge on any atom is -0.468 e. The molecule has 1 aromatic heterocycles. The number of fused-ring (bicyclic) bond motifs is 2.